The standard InChI is InChI=1S/C15H21NO4/c1-3-18-15(17)6-5-11-19-14-9-7-13(8-10-14)12-16-20-4-2/h7-10,12H,3-6,11H2,1-2H3. The fourth-order valence-electron chi connectivity index (χ4n) is 1.46. The van der Waals surface area contributed by atoms with Crippen LogP contribution in [-0.2, 0) is 14.4 Å². The van der Waals surface area contributed by atoms with Crippen LogP contribution in [0, 0.1) is 0 Å². The van der Waals surface area contributed by atoms with Crippen LogP contribution in [0.25, 0.3) is 0 Å². The maximum Gasteiger partial charge on any atom is 0.305 e. The summed E-state index contributed by atoms with van der Waals surface area (Å²) >= 11 is 0. The van der Waals surface area contributed by atoms with Gasteiger partial charge in [-0.15, -0.1) is 0 Å². The number of hydrogen-bond donors (Lipinski definition) is 0. The number of esters is 1. The summed E-state index contributed by atoms with van der Waals surface area (Å²) in [6.45, 7) is 5.14. The summed E-state index contributed by atoms with van der Waals surface area (Å²) < 4.78 is 10.4. The zero-order valence-corrected chi connectivity index (χ0v) is 12.0. The summed E-state index contributed by atoms with van der Waals surface area (Å²) in [6.07, 6.45) is 2.67. The summed E-state index contributed by atoms with van der Waals surface area (Å²) in [5.41, 5.74) is 0.942. The number of benzene rings is 1. The lowest BCUT2D eigenvalue weighted by Gasteiger charge is -2.06. The number of hydrogen-bond acceptors (Lipinski definition) is 5. The van der Waals surface area contributed by atoms with Crippen LogP contribution in [0.1, 0.15) is 32.3 Å². The van der Waals surface area contributed by atoms with E-state index in [0.717, 1.165) is 11.3 Å². The quantitative estimate of drug-likeness (QED) is 0.302. The molecule has 0 atom stereocenters. The summed E-state index contributed by atoms with van der Waals surface area (Å²) in [4.78, 5) is 16.0. The van der Waals surface area contributed by atoms with Crippen molar-refractivity contribution in [1.29, 1.82) is 0 Å². The highest BCUT2D eigenvalue weighted by Crippen LogP contribution is 2.11. The van der Waals surface area contributed by atoms with Crippen molar-refractivity contribution in [3.63, 3.8) is 0 Å². The van der Waals surface area contributed by atoms with Crippen LogP contribution in [-0.4, -0.2) is 32.0 Å². The van der Waals surface area contributed by atoms with Gasteiger partial charge in [0.15, 0.2) is 0 Å². The van der Waals surface area contributed by atoms with Crippen LogP contribution in [0.2, 0.25) is 0 Å². The van der Waals surface area contributed by atoms with Gasteiger partial charge in [0.25, 0.3) is 0 Å². The highest BCUT2D eigenvalue weighted by molar-refractivity contribution is 5.79. The molecule has 0 saturated heterocycles. The van der Waals surface area contributed by atoms with E-state index in [9.17, 15) is 4.79 Å². The average molecular weight is 279 g/mol. The van der Waals surface area contributed by atoms with E-state index >= 15 is 0 Å². The molecule has 0 aromatic heterocycles. The molecule has 0 bridgehead atoms. The third-order valence-electron chi connectivity index (χ3n) is 2.38. The first kappa shape index (κ1) is 16.0. The van der Waals surface area contributed by atoms with Crippen molar-refractivity contribution >= 4 is 12.2 Å². The second-order valence-electron chi connectivity index (χ2n) is 3.98. The molecule has 0 radical (unpaired) electrons. The predicted molar refractivity (Wildman–Crippen MR) is 77.0 cm³/mol. The molecule has 0 fully saturated rings. The topological polar surface area (TPSA) is 57.1 Å². The molecule has 1 rings (SSSR count). The van der Waals surface area contributed by atoms with Gasteiger partial charge in [-0.05, 0) is 50.1 Å². The molecule has 1 aromatic rings. The number of carbonyl (C=O) groups is 1. The lowest BCUT2D eigenvalue weighted by molar-refractivity contribution is -0.143. The highest BCUT2D eigenvalue weighted by atomic mass is 16.6. The Labute approximate surface area is 119 Å². The number of nitrogens with zero attached hydrogens (tertiary/aromatic N) is 1. The van der Waals surface area contributed by atoms with Gasteiger partial charge in [-0.3, -0.25) is 4.79 Å². The molecule has 0 aliphatic carbocycles. The molecule has 0 heterocycles. The van der Waals surface area contributed by atoms with Crippen molar-refractivity contribution in [2.45, 2.75) is 26.7 Å². The molecular formula is C15H21NO4. The SMILES string of the molecule is CCON=Cc1ccc(OCCCC(=O)OCC)cc1. The van der Waals surface area contributed by atoms with Crippen molar-refractivity contribution in [3.05, 3.63) is 29.8 Å². The number of oxime groups is 1. The largest absolute Gasteiger partial charge is 0.494 e. The molecule has 110 valence electrons. The van der Waals surface area contributed by atoms with Crippen LogP contribution < -0.4 is 4.74 Å². The Kier molecular flexibility index (Phi) is 7.87. The first-order valence-corrected chi connectivity index (χ1v) is 6.80. The number of rotatable bonds is 9. The molecule has 1 aromatic carbocycles. The van der Waals surface area contributed by atoms with Gasteiger partial charge in [0.2, 0.25) is 0 Å². The van der Waals surface area contributed by atoms with E-state index in [4.69, 9.17) is 14.3 Å². The third-order valence-corrected chi connectivity index (χ3v) is 2.38. The van der Waals surface area contributed by atoms with E-state index in [1.807, 2.05) is 31.2 Å². The molecular weight excluding hydrogens is 258 g/mol. The minimum Gasteiger partial charge on any atom is -0.494 e. The Morgan fingerprint density at radius 2 is 1.95 bits per heavy atom. The van der Waals surface area contributed by atoms with Gasteiger partial charge < -0.3 is 14.3 Å². The first-order chi connectivity index (χ1) is 9.76. The lowest BCUT2D eigenvalue weighted by Crippen LogP contribution is -2.06. The van der Waals surface area contributed by atoms with Crippen molar-refractivity contribution in [1.82, 2.24) is 0 Å². The van der Waals surface area contributed by atoms with Gasteiger partial charge in [-0.25, -0.2) is 0 Å². The molecule has 0 spiro atoms. The normalized spacial score (nSPS) is 10.5. The molecule has 20 heavy (non-hydrogen) atoms. The second-order valence-corrected chi connectivity index (χ2v) is 3.98. The van der Waals surface area contributed by atoms with E-state index in [1.165, 1.54) is 0 Å². The minimum absolute atomic E-state index is 0.182. The molecule has 0 aliphatic rings. The van der Waals surface area contributed by atoms with Crippen LogP contribution in [0.3, 0.4) is 0 Å². The van der Waals surface area contributed by atoms with Crippen molar-refractivity contribution < 1.29 is 19.1 Å². The Morgan fingerprint density at radius 1 is 1.20 bits per heavy atom. The van der Waals surface area contributed by atoms with Crippen LogP contribution >= 0.6 is 0 Å². The van der Waals surface area contributed by atoms with E-state index in [0.29, 0.717) is 32.7 Å². The fraction of sp³-hybridized carbons (Fsp3) is 0.467. The number of ether oxygens (including phenoxy) is 2. The van der Waals surface area contributed by atoms with Gasteiger partial charge >= 0.3 is 5.97 Å². The van der Waals surface area contributed by atoms with E-state index < -0.39 is 0 Å². The van der Waals surface area contributed by atoms with E-state index in [2.05, 4.69) is 5.16 Å². The maximum absolute atomic E-state index is 11.1. The average Bonchev–Trinajstić information content (AvgIpc) is 2.46. The monoisotopic (exact) mass is 279 g/mol. The van der Waals surface area contributed by atoms with Crippen molar-refractivity contribution in [2.75, 3.05) is 19.8 Å². The molecule has 0 saturated carbocycles. The molecule has 0 aliphatic heterocycles. The Hall–Kier alpha value is -2.04. The maximum atomic E-state index is 11.1. The van der Waals surface area contributed by atoms with Crippen molar-refractivity contribution in [2.24, 2.45) is 5.16 Å². The van der Waals surface area contributed by atoms with Crippen LogP contribution in [0.15, 0.2) is 29.4 Å². The van der Waals surface area contributed by atoms with E-state index in [1.54, 1.807) is 13.1 Å². The summed E-state index contributed by atoms with van der Waals surface area (Å²) in [5.74, 6) is 0.584. The van der Waals surface area contributed by atoms with E-state index in [-0.39, 0.29) is 5.97 Å². The summed E-state index contributed by atoms with van der Waals surface area (Å²) in [6, 6.07) is 7.50. The fourth-order valence-corrected chi connectivity index (χ4v) is 1.46. The van der Waals surface area contributed by atoms with Crippen LogP contribution in [0.5, 0.6) is 5.75 Å². The Balaban J connectivity index is 2.26. The van der Waals surface area contributed by atoms with Gasteiger partial charge in [0.1, 0.15) is 12.4 Å². The van der Waals surface area contributed by atoms with Gasteiger partial charge in [-0.2, -0.15) is 0 Å². The molecule has 0 N–H and O–H groups in total. The zero-order chi connectivity index (χ0) is 14.6. The lowest BCUT2D eigenvalue weighted by atomic mass is 10.2. The van der Waals surface area contributed by atoms with Crippen LogP contribution in [0.4, 0.5) is 0 Å². The Bertz CT molecular complexity index is 414. The third kappa shape index (κ3) is 6.78. The first-order valence-electron chi connectivity index (χ1n) is 6.80. The second kappa shape index (κ2) is 9.83. The van der Waals surface area contributed by atoms with Gasteiger partial charge in [0.05, 0.1) is 19.4 Å². The molecule has 0 unspecified atom stereocenters. The zero-order valence-electron chi connectivity index (χ0n) is 12.0. The number of carbonyl (C=O) groups excluding carboxylic acids is 1. The molecule has 5 nitrogen and oxygen atoms in total. The minimum atomic E-state index is -0.182. The molecule has 0 amide bonds. The Morgan fingerprint density at radius 3 is 2.60 bits per heavy atom. The smallest absolute Gasteiger partial charge is 0.305 e. The highest BCUT2D eigenvalue weighted by Gasteiger charge is 2.01. The van der Waals surface area contributed by atoms with Gasteiger partial charge in [-0.1, -0.05) is 5.16 Å². The summed E-state index contributed by atoms with van der Waals surface area (Å²) in [5, 5.41) is 3.78. The predicted octanol–water partition coefficient (Wildman–Crippen LogP) is 2.78. The summed E-state index contributed by atoms with van der Waals surface area (Å²) in [7, 11) is 0. The van der Waals surface area contributed by atoms with Crippen molar-refractivity contribution in [3.8, 4) is 5.75 Å². The molecule has 5 heteroatoms. The van der Waals surface area contributed by atoms with Gasteiger partial charge in [0, 0.05) is 6.42 Å².